The highest BCUT2D eigenvalue weighted by molar-refractivity contribution is 7.14. The lowest BCUT2D eigenvalue weighted by Gasteiger charge is -2.06. The average Bonchev–Trinajstić information content (AvgIpc) is 3.04. The topological polar surface area (TPSA) is 75.3 Å². The number of nitrogens with one attached hydrogen (secondary N) is 2. The van der Waals surface area contributed by atoms with Crippen molar-refractivity contribution in [1.29, 1.82) is 0 Å². The van der Waals surface area contributed by atoms with Crippen molar-refractivity contribution in [3.8, 4) is 0 Å². The minimum absolute atomic E-state index is 0.00168. The summed E-state index contributed by atoms with van der Waals surface area (Å²) >= 11 is 1.45. The molecule has 0 saturated heterocycles. The summed E-state index contributed by atoms with van der Waals surface area (Å²) in [5.74, 6) is -0.307. The Kier molecular flexibility index (Phi) is 6.26. The lowest BCUT2D eigenvalue weighted by Crippen LogP contribution is -2.23. The first-order valence-corrected chi connectivity index (χ1v) is 8.48. The van der Waals surface area contributed by atoms with Gasteiger partial charge >= 0.3 is 0 Å². The molecule has 0 radical (unpaired) electrons. The Morgan fingerprint density at radius 2 is 1.71 bits per heavy atom. The highest BCUT2D eigenvalue weighted by Crippen LogP contribution is 2.17. The Bertz CT molecular complexity index is 735. The number of carbonyl (C=O) groups excluding carboxylic acids is 3. The van der Waals surface area contributed by atoms with Crippen molar-refractivity contribution >= 4 is 28.9 Å². The lowest BCUT2D eigenvalue weighted by molar-refractivity contribution is -0.121. The molecular weight excluding hydrogens is 324 g/mol. The second-order valence-electron chi connectivity index (χ2n) is 5.39. The zero-order chi connectivity index (χ0) is 17.5. The Hall–Kier alpha value is -2.47. The third-order valence-electron chi connectivity index (χ3n) is 3.53. The summed E-state index contributed by atoms with van der Waals surface area (Å²) in [6.07, 6.45) is 0.382. The van der Waals surface area contributed by atoms with Crippen molar-refractivity contribution in [2.45, 2.75) is 26.3 Å². The van der Waals surface area contributed by atoms with Crippen LogP contribution in [-0.4, -0.2) is 24.6 Å². The molecule has 0 fully saturated rings. The van der Waals surface area contributed by atoms with Gasteiger partial charge in [-0.1, -0.05) is 12.1 Å². The van der Waals surface area contributed by atoms with Crippen LogP contribution >= 0.6 is 11.3 Å². The van der Waals surface area contributed by atoms with Gasteiger partial charge < -0.3 is 10.6 Å². The number of ketones is 1. The van der Waals surface area contributed by atoms with Crippen LogP contribution < -0.4 is 10.6 Å². The maximum atomic E-state index is 12.0. The SMILES string of the molecule is CNC(=O)c1ccc(CNC(=O)CCC(=O)c2ccc(C)s2)cc1. The van der Waals surface area contributed by atoms with Crippen LogP contribution in [0.15, 0.2) is 36.4 Å². The number of thiophene rings is 1. The van der Waals surface area contributed by atoms with E-state index in [-0.39, 0.29) is 30.4 Å². The molecule has 0 aliphatic heterocycles. The Morgan fingerprint density at radius 1 is 1.00 bits per heavy atom. The van der Waals surface area contributed by atoms with Gasteiger partial charge in [0.15, 0.2) is 5.78 Å². The van der Waals surface area contributed by atoms with Crippen molar-refractivity contribution < 1.29 is 14.4 Å². The molecule has 2 amide bonds. The zero-order valence-corrected chi connectivity index (χ0v) is 14.5. The van der Waals surface area contributed by atoms with Crippen molar-refractivity contribution in [2.75, 3.05) is 7.05 Å². The van der Waals surface area contributed by atoms with E-state index in [1.807, 2.05) is 13.0 Å². The predicted octanol–water partition coefficient (Wildman–Crippen LogP) is 2.70. The lowest BCUT2D eigenvalue weighted by atomic mass is 10.1. The Labute approximate surface area is 145 Å². The molecule has 2 rings (SSSR count). The fourth-order valence-electron chi connectivity index (χ4n) is 2.14. The molecule has 2 N–H and O–H groups in total. The summed E-state index contributed by atoms with van der Waals surface area (Å²) in [5, 5.41) is 5.34. The molecule has 126 valence electrons. The summed E-state index contributed by atoms with van der Waals surface area (Å²) in [4.78, 5) is 37.0. The minimum atomic E-state index is -0.160. The maximum absolute atomic E-state index is 12.0. The minimum Gasteiger partial charge on any atom is -0.355 e. The first-order chi connectivity index (χ1) is 11.5. The number of amides is 2. The number of benzene rings is 1. The molecular formula is C18H20N2O3S. The number of carbonyl (C=O) groups is 3. The van der Waals surface area contributed by atoms with E-state index in [0.717, 1.165) is 10.4 Å². The van der Waals surface area contributed by atoms with Gasteiger partial charge in [0.2, 0.25) is 5.91 Å². The van der Waals surface area contributed by atoms with Crippen LogP contribution in [-0.2, 0) is 11.3 Å². The number of aryl methyl sites for hydroxylation is 1. The van der Waals surface area contributed by atoms with Crippen LogP contribution in [0.2, 0.25) is 0 Å². The van der Waals surface area contributed by atoms with E-state index in [0.29, 0.717) is 17.0 Å². The smallest absolute Gasteiger partial charge is 0.251 e. The molecule has 5 nitrogen and oxygen atoms in total. The Morgan fingerprint density at radius 3 is 2.29 bits per heavy atom. The van der Waals surface area contributed by atoms with Crippen LogP contribution in [0.1, 0.15) is 43.3 Å². The van der Waals surface area contributed by atoms with Crippen molar-refractivity contribution in [3.05, 3.63) is 57.3 Å². The Balaban J connectivity index is 1.76. The van der Waals surface area contributed by atoms with E-state index in [1.54, 1.807) is 37.4 Å². The van der Waals surface area contributed by atoms with Crippen molar-refractivity contribution in [3.63, 3.8) is 0 Å². The quantitative estimate of drug-likeness (QED) is 0.758. The second-order valence-corrected chi connectivity index (χ2v) is 6.67. The van der Waals surface area contributed by atoms with E-state index in [4.69, 9.17) is 0 Å². The number of hydrogen-bond donors (Lipinski definition) is 2. The van der Waals surface area contributed by atoms with Crippen LogP contribution in [0.25, 0.3) is 0 Å². The number of rotatable bonds is 7. The number of hydrogen-bond acceptors (Lipinski definition) is 4. The molecule has 1 aromatic heterocycles. The van der Waals surface area contributed by atoms with Gasteiger partial charge in [-0.25, -0.2) is 0 Å². The molecule has 24 heavy (non-hydrogen) atoms. The monoisotopic (exact) mass is 344 g/mol. The van der Waals surface area contributed by atoms with Gasteiger partial charge in [-0.2, -0.15) is 0 Å². The molecule has 6 heteroatoms. The standard InChI is InChI=1S/C18H20N2O3S/c1-12-3-9-16(24-12)15(21)8-10-17(22)20-11-13-4-6-14(7-5-13)18(23)19-2/h3-7,9H,8,10-11H2,1-2H3,(H,19,23)(H,20,22). The first kappa shape index (κ1) is 17.9. The summed E-state index contributed by atoms with van der Waals surface area (Å²) in [5.41, 5.74) is 1.47. The molecule has 1 heterocycles. The van der Waals surface area contributed by atoms with Gasteiger partial charge in [-0.3, -0.25) is 14.4 Å². The highest BCUT2D eigenvalue weighted by Gasteiger charge is 2.11. The van der Waals surface area contributed by atoms with Gasteiger partial charge in [0.05, 0.1) is 4.88 Å². The van der Waals surface area contributed by atoms with E-state index >= 15 is 0 Å². The highest BCUT2D eigenvalue weighted by atomic mass is 32.1. The fraction of sp³-hybridized carbons (Fsp3) is 0.278. The summed E-state index contributed by atoms with van der Waals surface area (Å²) in [6.45, 7) is 2.32. The third-order valence-corrected chi connectivity index (χ3v) is 4.57. The van der Waals surface area contributed by atoms with Crippen LogP contribution in [0.5, 0.6) is 0 Å². The van der Waals surface area contributed by atoms with Crippen molar-refractivity contribution in [2.24, 2.45) is 0 Å². The molecule has 0 saturated carbocycles. The predicted molar refractivity (Wildman–Crippen MR) is 94.3 cm³/mol. The zero-order valence-electron chi connectivity index (χ0n) is 13.7. The maximum Gasteiger partial charge on any atom is 0.251 e. The first-order valence-electron chi connectivity index (χ1n) is 7.67. The largest absolute Gasteiger partial charge is 0.355 e. The summed E-state index contributed by atoms with van der Waals surface area (Å²) in [6, 6.07) is 10.7. The second kappa shape index (κ2) is 8.40. The van der Waals surface area contributed by atoms with Crippen LogP contribution in [0.3, 0.4) is 0 Å². The molecule has 0 aliphatic rings. The molecule has 0 atom stereocenters. The van der Waals surface area contributed by atoms with Crippen LogP contribution in [0.4, 0.5) is 0 Å². The van der Waals surface area contributed by atoms with E-state index < -0.39 is 0 Å². The van der Waals surface area contributed by atoms with Gasteiger partial charge in [0, 0.05) is 36.9 Å². The van der Waals surface area contributed by atoms with Crippen molar-refractivity contribution in [1.82, 2.24) is 10.6 Å². The van der Waals surface area contributed by atoms with Gasteiger partial charge in [0.1, 0.15) is 0 Å². The van der Waals surface area contributed by atoms with E-state index in [2.05, 4.69) is 10.6 Å². The van der Waals surface area contributed by atoms with Gasteiger partial charge in [0.25, 0.3) is 5.91 Å². The number of Topliss-reactive ketones (excluding diaryl/α,β-unsaturated/α-hetero) is 1. The fourth-order valence-corrected chi connectivity index (χ4v) is 2.98. The van der Waals surface area contributed by atoms with Gasteiger partial charge in [-0.15, -0.1) is 11.3 Å². The normalized spacial score (nSPS) is 10.2. The van der Waals surface area contributed by atoms with E-state index in [9.17, 15) is 14.4 Å². The molecule has 0 bridgehead atoms. The molecule has 0 aliphatic carbocycles. The molecule has 0 unspecified atom stereocenters. The average molecular weight is 344 g/mol. The molecule has 0 spiro atoms. The summed E-state index contributed by atoms with van der Waals surface area (Å²) < 4.78 is 0. The molecule has 2 aromatic rings. The van der Waals surface area contributed by atoms with Gasteiger partial charge in [-0.05, 0) is 36.8 Å². The molecule has 1 aromatic carbocycles. The van der Waals surface area contributed by atoms with Crippen LogP contribution in [0, 0.1) is 6.92 Å². The third kappa shape index (κ3) is 5.03. The summed E-state index contributed by atoms with van der Waals surface area (Å²) in [7, 11) is 1.58. The van der Waals surface area contributed by atoms with E-state index in [1.165, 1.54) is 11.3 Å².